The Balaban J connectivity index is 1.73. The molecule has 3 aromatic rings. The van der Waals surface area contributed by atoms with Gasteiger partial charge in [0.05, 0.1) is 22.0 Å². The molecule has 3 rings (SSSR count). The number of benzene rings is 2. The fourth-order valence-electron chi connectivity index (χ4n) is 2.57. The van der Waals surface area contributed by atoms with Gasteiger partial charge in [-0.3, -0.25) is 9.36 Å². The zero-order chi connectivity index (χ0) is 21.7. The van der Waals surface area contributed by atoms with Crippen LogP contribution in [0.4, 0.5) is 5.69 Å². The molecule has 0 aliphatic heterocycles. The fraction of sp³-hybridized carbons (Fsp3) is 0.100. The number of carbonyl (C=O) groups excluding carboxylic acids is 1. The number of anilines is 1. The highest BCUT2D eigenvalue weighted by Crippen LogP contribution is 2.27. The van der Waals surface area contributed by atoms with Crippen LogP contribution in [0.1, 0.15) is 10.4 Å². The number of halogens is 2. The number of hydrogen-bond acceptors (Lipinski definition) is 5. The lowest BCUT2D eigenvalue weighted by Gasteiger charge is -2.09. The molecule has 0 fully saturated rings. The van der Waals surface area contributed by atoms with Gasteiger partial charge in [0.25, 0.3) is 0 Å². The number of aromatic carboxylic acids is 1. The molecular weight excluding hydrogens is 447 g/mol. The highest BCUT2D eigenvalue weighted by atomic mass is 35.5. The average Bonchev–Trinajstić information content (AvgIpc) is 3.11. The molecule has 154 valence electrons. The first-order chi connectivity index (χ1) is 14.4. The van der Waals surface area contributed by atoms with Crippen LogP contribution in [0.3, 0.4) is 0 Å². The van der Waals surface area contributed by atoms with Gasteiger partial charge in [0.2, 0.25) is 5.91 Å². The summed E-state index contributed by atoms with van der Waals surface area (Å²) in [5.41, 5.74) is 1.10. The third kappa shape index (κ3) is 5.21. The minimum Gasteiger partial charge on any atom is -0.478 e. The Morgan fingerprint density at radius 2 is 1.90 bits per heavy atom. The van der Waals surface area contributed by atoms with E-state index in [-0.39, 0.29) is 27.9 Å². The van der Waals surface area contributed by atoms with E-state index in [0.29, 0.717) is 22.5 Å². The van der Waals surface area contributed by atoms with Crippen molar-refractivity contribution in [3.63, 3.8) is 0 Å². The van der Waals surface area contributed by atoms with Gasteiger partial charge in [-0.15, -0.1) is 16.8 Å². The van der Waals surface area contributed by atoms with Crippen LogP contribution in [0, 0.1) is 0 Å². The van der Waals surface area contributed by atoms with Crippen LogP contribution >= 0.6 is 35.0 Å². The van der Waals surface area contributed by atoms with Gasteiger partial charge in [0, 0.05) is 17.1 Å². The Bertz CT molecular complexity index is 1100. The van der Waals surface area contributed by atoms with Crippen molar-refractivity contribution in [3.05, 3.63) is 70.7 Å². The van der Waals surface area contributed by atoms with E-state index in [1.165, 1.54) is 30.0 Å². The molecule has 0 saturated carbocycles. The van der Waals surface area contributed by atoms with E-state index in [2.05, 4.69) is 22.1 Å². The summed E-state index contributed by atoms with van der Waals surface area (Å²) in [6, 6.07) is 11.3. The van der Waals surface area contributed by atoms with E-state index in [1.54, 1.807) is 18.2 Å². The van der Waals surface area contributed by atoms with E-state index in [0.717, 1.165) is 5.56 Å². The van der Waals surface area contributed by atoms with Crippen molar-refractivity contribution in [2.24, 2.45) is 0 Å². The Hall–Kier alpha value is -2.81. The molecule has 30 heavy (non-hydrogen) atoms. The second-order valence-corrected chi connectivity index (χ2v) is 7.84. The van der Waals surface area contributed by atoms with Crippen molar-refractivity contribution >= 4 is 52.5 Å². The second kappa shape index (κ2) is 9.80. The molecule has 1 aromatic heterocycles. The molecule has 0 aliphatic rings. The third-order valence-electron chi connectivity index (χ3n) is 3.95. The number of thioether (sulfide) groups is 1. The number of nitrogens with one attached hydrogen (secondary N) is 1. The summed E-state index contributed by atoms with van der Waals surface area (Å²) in [6.45, 7) is 4.22. The fourth-order valence-corrected chi connectivity index (χ4v) is 3.61. The lowest BCUT2D eigenvalue weighted by Crippen LogP contribution is -2.15. The number of carbonyl (C=O) groups is 2. The van der Waals surface area contributed by atoms with Crippen LogP contribution in [-0.4, -0.2) is 37.5 Å². The number of aromatic nitrogens is 3. The predicted octanol–water partition coefficient (Wildman–Crippen LogP) is 4.87. The number of carboxylic acids is 1. The maximum atomic E-state index is 12.4. The van der Waals surface area contributed by atoms with E-state index in [1.807, 2.05) is 16.7 Å². The minimum absolute atomic E-state index is 0.0284. The van der Waals surface area contributed by atoms with Crippen molar-refractivity contribution in [1.82, 2.24) is 14.8 Å². The SMILES string of the molecule is C=CCn1c(SCC(=O)Nc2cc(C(=O)O)ccc2Cl)nnc1-c1ccc(Cl)cc1. The van der Waals surface area contributed by atoms with Crippen LogP contribution in [0.15, 0.2) is 60.3 Å². The van der Waals surface area contributed by atoms with Crippen molar-refractivity contribution in [3.8, 4) is 11.4 Å². The van der Waals surface area contributed by atoms with Gasteiger partial charge >= 0.3 is 5.97 Å². The van der Waals surface area contributed by atoms with Crippen LogP contribution in [0.25, 0.3) is 11.4 Å². The summed E-state index contributed by atoms with van der Waals surface area (Å²) in [7, 11) is 0. The Kier molecular flexibility index (Phi) is 7.15. The summed E-state index contributed by atoms with van der Waals surface area (Å²) in [5.74, 6) is -0.801. The van der Waals surface area contributed by atoms with E-state index in [9.17, 15) is 9.59 Å². The Morgan fingerprint density at radius 3 is 2.57 bits per heavy atom. The molecule has 7 nitrogen and oxygen atoms in total. The van der Waals surface area contributed by atoms with Gasteiger partial charge in [-0.25, -0.2) is 4.79 Å². The summed E-state index contributed by atoms with van der Waals surface area (Å²) < 4.78 is 1.84. The average molecular weight is 463 g/mol. The predicted molar refractivity (Wildman–Crippen MR) is 118 cm³/mol. The molecule has 0 spiro atoms. The quantitative estimate of drug-likeness (QED) is 0.366. The number of hydrogen-bond donors (Lipinski definition) is 2. The van der Waals surface area contributed by atoms with Gasteiger partial charge in [-0.05, 0) is 42.5 Å². The third-order valence-corrected chi connectivity index (χ3v) is 5.50. The minimum atomic E-state index is -1.11. The molecular formula is C20H16Cl2N4O3S. The molecule has 0 saturated heterocycles. The number of carboxylic acid groups (broad SMARTS) is 1. The number of nitrogens with zero attached hydrogens (tertiary/aromatic N) is 3. The molecule has 1 amide bonds. The van der Waals surface area contributed by atoms with Gasteiger partial charge in [0.1, 0.15) is 0 Å². The smallest absolute Gasteiger partial charge is 0.335 e. The maximum Gasteiger partial charge on any atom is 0.335 e. The Morgan fingerprint density at radius 1 is 1.17 bits per heavy atom. The van der Waals surface area contributed by atoms with Crippen molar-refractivity contribution < 1.29 is 14.7 Å². The van der Waals surface area contributed by atoms with Gasteiger partial charge in [-0.1, -0.05) is 41.0 Å². The van der Waals surface area contributed by atoms with Crippen LogP contribution < -0.4 is 5.32 Å². The highest BCUT2D eigenvalue weighted by Gasteiger charge is 2.16. The van der Waals surface area contributed by atoms with Gasteiger partial charge in [-0.2, -0.15) is 0 Å². The monoisotopic (exact) mass is 462 g/mol. The van der Waals surface area contributed by atoms with Crippen LogP contribution in [0.5, 0.6) is 0 Å². The molecule has 0 atom stereocenters. The number of allylic oxidation sites excluding steroid dienone is 1. The number of rotatable bonds is 8. The van der Waals surface area contributed by atoms with Crippen molar-refractivity contribution in [1.29, 1.82) is 0 Å². The largest absolute Gasteiger partial charge is 0.478 e. The summed E-state index contributed by atoms with van der Waals surface area (Å²) in [5, 5.41) is 21.5. The highest BCUT2D eigenvalue weighted by molar-refractivity contribution is 7.99. The van der Waals surface area contributed by atoms with E-state index >= 15 is 0 Å². The first kappa shape index (κ1) is 21.9. The summed E-state index contributed by atoms with van der Waals surface area (Å²) in [6.07, 6.45) is 1.71. The van der Waals surface area contributed by atoms with E-state index in [4.69, 9.17) is 28.3 Å². The first-order valence-electron chi connectivity index (χ1n) is 8.64. The zero-order valence-electron chi connectivity index (χ0n) is 15.5. The standard InChI is InChI=1S/C20H16Cl2N4O3S/c1-2-9-26-18(12-3-6-14(21)7-4-12)24-25-20(26)30-11-17(27)23-16-10-13(19(28)29)5-8-15(16)22/h2-8,10H,1,9,11H2,(H,23,27)(H,28,29). The second-order valence-electron chi connectivity index (χ2n) is 6.05. The van der Waals surface area contributed by atoms with E-state index < -0.39 is 5.97 Å². The topological polar surface area (TPSA) is 97.1 Å². The Labute approximate surface area is 186 Å². The van der Waals surface area contributed by atoms with Crippen molar-refractivity contribution in [2.75, 3.05) is 11.1 Å². The molecule has 2 aromatic carbocycles. The molecule has 0 unspecified atom stereocenters. The van der Waals surface area contributed by atoms with Crippen molar-refractivity contribution in [2.45, 2.75) is 11.7 Å². The molecule has 1 heterocycles. The van der Waals surface area contributed by atoms with Gasteiger partial charge < -0.3 is 10.4 Å². The maximum absolute atomic E-state index is 12.4. The van der Waals surface area contributed by atoms with Crippen LogP contribution in [-0.2, 0) is 11.3 Å². The molecule has 0 radical (unpaired) electrons. The first-order valence-corrected chi connectivity index (χ1v) is 10.4. The zero-order valence-corrected chi connectivity index (χ0v) is 17.8. The molecule has 0 aliphatic carbocycles. The molecule has 2 N–H and O–H groups in total. The lowest BCUT2D eigenvalue weighted by atomic mass is 10.2. The molecule has 10 heteroatoms. The summed E-state index contributed by atoms with van der Waals surface area (Å²) in [4.78, 5) is 23.5. The normalized spacial score (nSPS) is 10.6. The summed E-state index contributed by atoms with van der Waals surface area (Å²) >= 11 is 13.2. The molecule has 0 bridgehead atoms. The van der Waals surface area contributed by atoms with Gasteiger partial charge in [0.15, 0.2) is 11.0 Å². The number of amides is 1. The lowest BCUT2D eigenvalue weighted by molar-refractivity contribution is -0.113. The van der Waals surface area contributed by atoms with Crippen LogP contribution in [0.2, 0.25) is 10.0 Å².